The highest BCUT2D eigenvalue weighted by atomic mass is 16.2. The lowest BCUT2D eigenvalue weighted by molar-refractivity contribution is -0.157. The second kappa shape index (κ2) is 6.29. The van der Waals surface area contributed by atoms with Gasteiger partial charge in [0.2, 0.25) is 5.91 Å². The van der Waals surface area contributed by atoms with Crippen molar-refractivity contribution in [3.05, 3.63) is 35.9 Å². The molecule has 0 radical (unpaired) electrons. The van der Waals surface area contributed by atoms with Crippen molar-refractivity contribution in [2.45, 2.75) is 51.6 Å². The van der Waals surface area contributed by atoms with E-state index in [-0.39, 0.29) is 17.9 Å². The van der Waals surface area contributed by atoms with Crippen LogP contribution in [0.1, 0.15) is 45.6 Å². The fraction of sp³-hybridized carbons (Fsp3) is 0.529. The number of benzene rings is 1. The van der Waals surface area contributed by atoms with Gasteiger partial charge >= 0.3 is 0 Å². The SMILES string of the molecule is CCCC1NC(=O)C(C)(c2ccccc2)N(CCC)C1=O. The first-order valence-electron chi connectivity index (χ1n) is 7.73. The molecule has 4 nitrogen and oxygen atoms in total. The van der Waals surface area contributed by atoms with Crippen LogP contribution < -0.4 is 5.32 Å². The normalized spacial score (nSPS) is 25.9. The summed E-state index contributed by atoms with van der Waals surface area (Å²) in [5, 5.41) is 2.91. The first-order chi connectivity index (χ1) is 10.1. The molecule has 1 fully saturated rings. The van der Waals surface area contributed by atoms with Gasteiger partial charge in [-0.15, -0.1) is 0 Å². The molecule has 1 aromatic carbocycles. The van der Waals surface area contributed by atoms with Gasteiger partial charge in [-0.3, -0.25) is 9.59 Å². The standard InChI is InChI=1S/C17H24N2O2/c1-4-9-14-15(20)19(12-5-2)17(3,16(21)18-14)13-10-7-6-8-11-13/h6-8,10-11,14H,4-5,9,12H2,1-3H3,(H,18,21). The van der Waals surface area contributed by atoms with Gasteiger partial charge in [-0.25, -0.2) is 0 Å². The van der Waals surface area contributed by atoms with Crippen LogP contribution in [-0.4, -0.2) is 29.3 Å². The molecule has 2 unspecified atom stereocenters. The van der Waals surface area contributed by atoms with Crippen molar-refractivity contribution >= 4 is 11.8 Å². The van der Waals surface area contributed by atoms with E-state index in [0.29, 0.717) is 13.0 Å². The number of nitrogens with zero attached hydrogens (tertiary/aromatic N) is 1. The lowest BCUT2D eigenvalue weighted by Gasteiger charge is -2.46. The number of amides is 2. The van der Waals surface area contributed by atoms with Crippen molar-refractivity contribution in [1.29, 1.82) is 0 Å². The highest BCUT2D eigenvalue weighted by molar-refractivity contribution is 6.00. The summed E-state index contributed by atoms with van der Waals surface area (Å²) in [4.78, 5) is 27.2. The molecule has 21 heavy (non-hydrogen) atoms. The molecule has 0 aliphatic carbocycles. The minimum absolute atomic E-state index is 0.0321. The van der Waals surface area contributed by atoms with Crippen LogP contribution in [0, 0.1) is 0 Å². The maximum Gasteiger partial charge on any atom is 0.251 e. The Hall–Kier alpha value is -1.84. The molecule has 2 atom stereocenters. The predicted molar refractivity (Wildman–Crippen MR) is 82.6 cm³/mol. The molecule has 1 aliphatic rings. The van der Waals surface area contributed by atoms with Gasteiger partial charge in [-0.2, -0.15) is 0 Å². The minimum Gasteiger partial charge on any atom is -0.342 e. The molecule has 1 heterocycles. The van der Waals surface area contributed by atoms with Gasteiger partial charge in [0.25, 0.3) is 5.91 Å². The molecule has 1 aromatic rings. The van der Waals surface area contributed by atoms with E-state index in [2.05, 4.69) is 5.32 Å². The lowest BCUT2D eigenvalue weighted by Crippen LogP contribution is -2.67. The minimum atomic E-state index is -0.918. The highest BCUT2D eigenvalue weighted by Crippen LogP contribution is 2.33. The summed E-state index contributed by atoms with van der Waals surface area (Å²) in [7, 11) is 0. The van der Waals surface area contributed by atoms with Crippen molar-refractivity contribution in [2.75, 3.05) is 6.54 Å². The Morgan fingerprint density at radius 1 is 1.14 bits per heavy atom. The molecular formula is C17H24N2O2. The number of carbonyl (C=O) groups excluding carboxylic acids is 2. The Balaban J connectivity index is 2.43. The lowest BCUT2D eigenvalue weighted by atomic mass is 9.85. The number of hydrogen-bond donors (Lipinski definition) is 1. The van der Waals surface area contributed by atoms with Crippen LogP contribution in [0.15, 0.2) is 30.3 Å². The zero-order chi connectivity index (χ0) is 15.5. The average molecular weight is 288 g/mol. The first kappa shape index (κ1) is 15.5. The number of hydrogen-bond acceptors (Lipinski definition) is 2. The highest BCUT2D eigenvalue weighted by Gasteiger charge is 2.49. The zero-order valence-corrected chi connectivity index (χ0v) is 13.1. The van der Waals surface area contributed by atoms with E-state index in [0.717, 1.165) is 18.4 Å². The summed E-state index contributed by atoms with van der Waals surface area (Å²) in [6.45, 7) is 6.49. The van der Waals surface area contributed by atoms with Gasteiger partial charge in [0.05, 0.1) is 0 Å². The van der Waals surface area contributed by atoms with Crippen LogP contribution in [0.3, 0.4) is 0 Å². The molecule has 0 bridgehead atoms. The fourth-order valence-corrected chi connectivity index (χ4v) is 2.98. The molecule has 0 aromatic heterocycles. The van der Waals surface area contributed by atoms with Gasteiger partial charge in [0.1, 0.15) is 11.6 Å². The van der Waals surface area contributed by atoms with Gasteiger partial charge in [-0.1, -0.05) is 50.6 Å². The van der Waals surface area contributed by atoms with Gasteiger partial charge < -0.3 is 10.2 Å². The van der Waals surface area contributed by atoms with Crippen molar-refractivity contribution < 1.29 is 9.59 Å². The first-order valence-corrected chi connectivity index (χ1v) is 7.73. The molecular weight excluding hydrogens is 264 g/mol. The predicted octanol–water partition coefficient (Wildman–Crippen LogP) is 2.44. The Kier molecular flexibility index (Phi) is 4.66. The second-order valence-corrected chi connectivity index (χ2v) is 5.74. The fourth-order valence-electron chi connectivity index (χ4n) is 2.98. The summed E-state index contributed by atoms with van der Waals surface area (Å²) < 4.78 is 0. The van der Waals surface area contributed by atoms with Crippen LogP contribution in [0.25, 0.3) is 0 Å². The Bertz CT molecular complexity index is 515. The third-order valence-corrected chi connectivity index (χ3v) is 4.21. The maximum atomic E-state index is 12.8. The largest absolute Gasteiger partial charge is 0.342 e. The van der Waals surface area contributed by atoms with E-state index in [4.69, 9.17) is 0 Å². The van der Waals surface area contributed by atoms with E-state index >= 15 is 0 Å². The zero-order valence-electron chi connectivity index (χ0n) is 13.1. The van der Waals surface area contributed by atoms with Crippen LogP contribution in [0.2, 0.25) is 0 Å². The summed E-state index contributed by atoms with van der Waals surface area (Å²) in [6, 6.07) is 9.16. The molecule has 1 N–H and O–H groups in total. The van der Waals surface area contributed by atoms with Crippen molar-refractivity contribution in [2.24, 2.45) is 0 Å². The number of rotatable bonds is 5. The third kappa shape index (κ3) is 2.67. The summed E-state index contributed by atoms with van der Waals surface area (Å²) >= 11 is 0. The van der Waals surface area contributed by atoms with Crippen LogP contribution in [0.5, 0.6) is 0 Å². The van der Waals surface area contributed by atoms with Gasteiger partial charge in [0.15, 0.2) is 0 Å². The molecule has 4 heteroatoms. The van der Waals surface area contributed by atoms with E-state index in [1.807, 2.05) is 51.1 Å². The summed E-state index contributed by atoms with van der Waals surface area (Å²) in [6.07, 6.45) is 2.40. The van der Waals surface area contributed by atoms with Crippen molar-refractivity contribution in [1.82, 2.24) is 10.2 Å². The maximum absolute atomic E-state index is 12.8. The molecule has 1 saturated heterocycles. The van der Waals surface area contributed by atoms with E-state index < -0.39 is 5.54 Å². The number of nitrogens with one attached hydrogen (secondary N) is 1. The summed E-state index contributed by atoms with van der Waals surface area (Å²) in [5.41, 5.74) is -0.0576. The average Bonchev–Trinajstić information content (AvgIpc) is 2.50. The van der Waals surface area contributed by atoms with Crippen molar-refractivity contribution in [3.63, 3.8) is 0 Å². The monoisotopic (exact) mass is 288 g/mol. The van der Waals surface area contributed by atoms with Gasteiger partial charge in [-0.05, 0) is 25.3 Å². The van der Waals surface area contributed by atoms with E-state index in [1.165, 1.54) is 0 Å². The smallest absolute Gasteiger partial charge is 0.251 e. The number of piperazine rings is 1. The Labute approximate surface area is 126 Å². The third-order valence-electron chi connectivity index (χ3n) is 4.21. The molecule has 2 amide bonds. The van der Waals surface area contributed by atoms with E-state index in [9.17, 15) is 9.59 Å². The van der Waals surface area contributed by atoms with E-state index in [1.54, 1.807) is 4.90 Å². The van der Waals surface area contributed by atoms with Crippen LogP contribution in [0.4, 0.5) is 0 Å². The molecule has 114 valence electrons. The Morgan fingerprint density at radius 2 is 1.81 bits per heavy atom. The summed E-state index contributed by atoms with van der Waals surface area (Å²) in [5.74, 6) is -0.0511. The molecule has 2 rings (SSSR count). The second-order valence-electron chi connectivity index (χ2n) is 5.74. The molecule has 1 aliphatic heterocycles. The topological polar surface area (TPSA) is 49.4 Å². The quantitative estimate of drug-likeness (QED) is 0.904. The van der Waals surface area contributed by atoms with Crippen LogP contribution in [-0.2, 0) is 15.1 Å². The molecule has 0 saturated carbocycles. The molecule has 0 spiro atoms. The number of carbonyl (C=O) groups is 2. The van der Waals surface area contributed by atoms with Crippen molar-refractivity contribution in [3.8, 4) is 0 Å². The van der Waals surface area contributed by atoms with Crippen LogP contribution >= 0.6 is 0 Å². The van der Waals surface area contributed by atoms with Gasteiger partial charge in [0, 0.05) is 6.54 Å². The Morgan fingerprint density at radius 3 is 2.38 bits per heavy atom.